The van der Waals surface area contributed by atoms with Crippen molar-refractivity contribution in [2.24, 2.45) is 5.92 Å². The first-order chi connectivity index (χ1) is 18.1. The Balaban J connectivity index is 1.42. The second-order valence-electron chi connectivity index (χ2n) is 9.39. The monoisotopic (exact) mass is 500 g/mol. The molecular formula is C30H36N4O3. The second-order valence-corrected chi connectivity index (χ2v) is 9.39. The van der Waals surface area contributed by atoms with Crippen molar-refractivity contribution < 1.29 is 14.3 Å². The number of carbonyl (C=O) groups excluding carboxylic acids is 2. The molecule has 3 N–H and O–H groups in total. The van der Waals surface area contributed by atoms with Gasteiger partial charge in [-0.25, -0.2) is 4.79 Å². The summed E-state index contributed by atoms with van der Waals surface area (Å²) in [6.07, 6.45) is 3.23. The molecule has 7 nitrogen and oxygen atoms in total. The number of nitrogens with one attached hydrogen (secondary N) is 3. The number of carbonyl (C=O) groups is 2. The number of piperidine rings is 1. The van der Waals surface area contributed by atoms with Crippen molar-refractivity contribution in [3.05, 3.63) is 95.6 Å². The van der Waals surface area contributed by atoms with Gasteiger partial charge in [0, 0.05) is 44.7 Å². The van der Waals surface area contributed by atoms with Crippen LogP contribution in [0.1, 0.15) is 34.3 Å². The number of anilines is 2. The predicted molar refractivity (Wildman–Crippen MR) is 148 cm³/mol. The minimum absolute atomic E-state index is 0.174. The molecule has 0 atom stereocenters. The first-order valence-electron chi connectivity index (χ1n) is 12.9. The van der Waals surface area contributed by atoms with Gasteiger partial charge in [-0.05, 0) is 54.5 Å². The number of urea groups is 1. The Labute approximate surface area is 219 Å². The van der Waals surface area contributed by atoms with Crippen LogP contribution < -0.4 is 20.9 Å². The molecule has 37 heavy (non-hydrogen) atoms. The highest BCUT2D eigenvalue weighted by Crippen LogP contribution is 2.30. The van der Waals surface area contributed by atoms with Gasteiger partial charge in [0.1, 0.15) is 0 Å². The zero-order chi connectivity index (χ0) is 25.9. The highest BCUT2D eigenvalue weighted by Gasteiger charge is 2.24. The van der Waals surface area contributed by atoms with Crippen molar-refractivity contribution >= 4 is 23.3 Å². The number of benzene rings is 3. The Morgan fingerprint density at radius 1 is 0.892 bits per heavy atom. The molecule has 0 spiro atoms. The number of nitrogens with zero attached hydrogens (tertiary/aromatic N) is 1. The zero-order valence-corrected chi connectivity index (χ0v) is 21.4. The summed E-state index contributed by atoms with van der Waals surface area (Å²) in [5.74, 6) is 0.457. The van der Waals surface area contributed by atoms with E-state index in [1.165, 1.54) is 5.56 Å². The fraction of sp³-hybridized carbons (Fsp3) is 0.333. The van der Waals surface area contributed by atoms with Crippen LogP contribution in [0.25, 0.3) is 0 Å². The minimum atomic E-state index is -0.316. The molecule has 1 aliphatic rings. The number of amides is 3. The van der Waals surface area contributed by atoms with Gasteiger partial charge in [0.25, 0.3) is 5.91 Å². The Morgan fingerprint density at radius 3 is 2.24 bits per heavy atom. The molecule has 0 saturated carbocycles. The molecule has 1 fully saturated rings. The van der Waals surface area contributed by atoms with Gasteiger partial charge >= 0.3 is 6.03 Å². The summed E-state index contributed by atoms with van der Waals surface area (Å²) in [5, 5.41) is 8.66. The fourth-order valence-electron chi connectivity index (χ4n) is 4.71. The average Bonchev–Trinajstić information content (AvgIpc) is 2.94. The third-order valence-electron chi connectivity index (χ3n) is 6.71. The predicted octanol–water partition coefficient (Wildman–Crippen LogP) is 4.84. The van der Waals surface area contributed by atoms with Crippen molar-refractivity contribution in [2.45, 2.75) is 25.8 Å². The third-order valence-corrected chi connectivity index (χ3v) is 6.71. The fourth-order valence-corrected chi connectivity index (χ4v) is 4.71. The van der Waals surface area contributed by atoms with Crippen molar-refractivity contribution in [3.63, 3.8) is 0 Å². The average molecular weight is 501 g/mol. The van der Waals surface area contributed by atoms with E-state index in [4.69, 9.17) is 4.74 Å². The summed E-state index contributed by atoms with van der Waals surface area (Å²) in [6.45, 7) is 3.06. The molecule has 1 aliphatic heterocycles. The van der Waals surface area contributed by atoms with Crippen LogP contribution in [0.15, 0.2) is 78.9 Å². The van der Waals surface area contributed by atoms with Crippen LogP contribution in [0.5, 0.6) is 0 Å². The van der Waals surface area contributed by atoms with E-state index in [0.717, 1.165) is 43.6 Å². The van der Waals surface area contributed by atoms with E-state index in [0.29, 0.717) is 36.9 Å². The summed E-state index contributed by atoms with van der Waals surface area (Å²) in [6, 6.07) is 25.6. The van der Waals surface area contributed by atoms with Crippen LogP contribution in [-0.2, 0) is 17.7 Å². The smallest absolute Gasteiger partial charge is 0.319 e. The molecular weight excluding hydrogens is 464 g/mol. The first-order valence-corrected chi connectivity index (χ1v) is 12.9. The van der Waals surface area contributed by atoms with Gasteiger partial charge in [-0.15, -0.1) is 0 Å². The largest absolute Gasteiger partial charge is 0.383 e. The summed E-state index contributed by atoms with van der Waals surface area (Å²) in [5.41, 5.74) is 4.41. The quantitative estimate of drug-likeness (QED) is 0.348. The summed E-state index contributed by atoms with van der Waals surface area (Å²) < 4.78 is 5.08. The zero-order valence-electron chi connectivity index (χ0n) is 21.4. The molecule has 0 radical (unpaired) electrons. The number of hydrogen-bond acceptors (Lipinski definition) is 4. The number of hydrogen-bond donors (Lipinski definition) is 3. The number of ether oxygens (including phenoxy) is 1. The van der Waals surface area contributed by atoms with E-state index in [-0.39, 0.29) is 11.9 Å². The van der Waals surface area contributed by atoms with Crippen LogP contribution >= 0.6 is 0 Å². The second kappa shape index (κ2) is 13.5. The van der Waals surface area contributed by atoms with E-state index in [1.54, 1.807) is 13.2 Å². The lowest BCUT2D eigenvalue weighted by molar-refractivity contribution is 0.0937. The van der Waals surface area contributed by atoms with Gasteiger partial charge in [0.2, 0.25) is 0 Å². The molecule has 0 aliphatic carbocycles. The maximum Gasteiger partial charge on any atom is 0.319 e. The lowest BCUT2D eigenvalue weighted by Crippen LogP contribution is -2.36. The lowest BCUT2D eigenvalue weighted by Gasteiger charge is -2.35. The third kappa shape index (κ3) is 7.82. The standard InChI is InChI=1S/C30H36N4O3/c1-37-19-16-31-29(35)27-21-26(33-30(36)32-22-25-10-6-3-7-11-25)12-13-28(27)34-17-14-24(15-18-34)20-23-8-4-2-5-9-23/h2-13,21,24H,14-20,22H2,1H3,(H,31,35)(H2,32,33,36). The normalized spacial score (nSPS) is 13.7. The molecule has 0 aromatic heterocycles. The molecule has 7 heteroatoms. The van der Waals surface area contributed by atoms with Crippen molar-refractivity contribution in [1.29, 1.82) is 0 Å². The van der Waals surface area contributed by atoms with Crippen molar-refractivity contribution in [1.82, 2.24) is 10.6 Å². The van der Waals surface area contributed by atoms with Gasteiger partial charge in [-0.1, -0.05) is 60.7 Å². The van der Waals surface area contributed by atoms with E-state index in [2.05, 4.69) is 51.2 Å². The van der Waals surface area contributed by atoms with Crippen LogP contribution in [0, 0.1) is 5.92 Å². The summed E-state index contributed by atoms with van der Waals surface area (Å²) in [7, 11) is 1.61. The van der Waals surface area contributed by atoms with Gasteiger partial charge in [-0.2, -0.15) is 0 Å². The van der Waals surface area contributed by atoms with Crippen LogP contribution in [0.4, 0.5) is 16.2 Å². The topological polar surface area (TPSA) is 82.7 Å². The molecule has 3 aromatic carbocycles. The van der Waals surface area contributed by atoms with E-state index >= 15 is 0 Å². The molecule has 4 rings (SSSR count). The van der Waals surface area contributed by atoms with Crippen molar-refractivity contribution in [2.75, 3.05) is 43.6 Å². The number of rotatable bonds is 10. The van der Waals surface area contributed by atoms with Crippen molar-refractivity contribution in [3.8, 4) is 0 Å². The molecule has 1 heterocycles. The SMILES string of the molecule is COCCNC(=O)c1cc(NC(=O)NCc2ccccc2)ccc1N1CCC(Cc2ccccc2)CC1. The maximum atomic E-state index is 13.1. The molecule has 3 amide bonds. The van der Waals surface area contributed by atoms with Gasteiger partial charge in [0.05, 0.1) is 12.2 Å². The van der Waals surface area contributed by atoms with Crippen LogP contribution in [0.2, 0.25) is 0 Å². The van der Waals surface area contributed by atoms with E-state index in [1.807, 2.05) is 42.5 Å². The Morgan fingerprint density at radius 2 is 1.57 bits per heavy atom. The first kappa shape index (κ1) is 26.2. The Bertz CT molecular complexity index is 1150. The lowest BCUT2D eigenvalue weighted by atomic mass is 9.89. The van der Waals surface area contributed by atoms with Gasteiger partial charge < -0.3 is 25.6 Å². The number of methoxy groups -OCH3 is 1. The van der Waals surface area contributed by atoms with Crippen LogP contribution in [-0.4, -0.2) is 45.3 Å². The molecule has 3 aromatic rings. The highest BCUT2D eigenvalue weighted by atomic mass is 16.5. The van der Waals surface area contributed by atoms with Crippen LogP contribution in [0.3, 0.4) is 0 Å². The Hall–Kier alpha value is -3.84. The molecule has 1 saturated heterocycles. The highest BCUT2D eigenvalue weighted by molar-refractivity contribution is 6.02. The van der Waals surface area contributed by atoms with E-state index < -0.39 is 0 Å². The van der Waals surface area contributed by atoms with Gasteiger partial charge in [0.15, 0.2) is 0 Å². The Kier molecular flexibility index (Phi) is 9.54. The minimum Gasteiger partial charge on any atom is -0.383 e. The summed E-state index contributed by atoms with van der Waals surface area (Å²) in [4.78, 5) is 27.9. The molecule has 194 valence electrons. The molecule has 0 unspecified atom stereocenters. The molecule has 0 bridgehead atoms. The summed E-state index contributed by atoms with van der Waals surface area (Å²) >= 11 is 0. The maximum absolute atomic E-state index is 13.1. The van der Waals surface area contributed by atoms with Gasteiger partial charge in [-0.3, -0.25) is 4.79 Å². The van der Waals surface area contributed by atoms with E-state index in [9.17, 15) is 9.59 Å².